The van der Waals surface area contributed by atoms with Crippen molar-refractivity contribution in [2.45, 2.75) is 39.2 Å². The maximum Gasteiger partial charge on any atom is 0.119 e. The second kappa shape index (κ2) is 5.54. The number of rotatable bonds is 5. The van der Waals surface area contributed by atoms with Gasteiger partial charge in [0.2, 0.25) is 0 Å². The Kier molecular flexibility index (Phi) is 4.06. The van der Waals surface area contributed by atoms with E-state index in [4.69, 9.17) is 4.74 Å². The molecule has 2 nitrogen and oxygen atoms in total. The van der Waals surface area contributed by atoms with Crippen molar-refractivity contribution in [3.05, 3.63) is 29.3 Å². The van der Waals surface area contributed by atoms with Gasteiger partial charge in [-0.1, -0.05) is 26.3 Å². The summed E-state index contributed by atoms with van der Waals surface area (Å²) >= 11 is 0. The zero-order chi connectivity index (χ0) is 12.3. The molecule has 2 heteroatoms. The molecule has 0 fully saturated rings. The zero-order valence-corrected chi connectivity index (χ0v) is 11.1. The largest absolute Gasteiger partial charge is 0.493 e. The first-order valence-corrected chi connectivity index (χ1v) is 6.67. The van der Waals surface area contributed by atoms with E-state index in [0.717, 1.165) is 12.4 Å². The van der Waals surface area contributed by atoms with Crippen molar-refractivity contribution in [3.8, 4) is 5.75 Å². The number of benzene rings is 1. The standard InChI is InChI=1S/C15H23NO/c1-4-11(2)10-17-13-6-7-14-12(9-13)5-8-15(14)16-3/h6-7,9,11,15-16H,4-5,8,10H2,1-3H3. The third-order valence-electron chi connectivity index (χ3n) is 3.77. The van der Waals surface area contributed by atoms with Crippen LogP contribution in [0.15, 0.2) is 18.2 Å². The SMILES string of the molecule is CCC(C)COc1ccc2c(c1)CCC2NC. The van der Waals surface area contributed by atoms with Crippen LogP contribution in [0.3, 0.4) is 0 Å². The van der Waals surface area contributed by atoms with Gasteiger partial charge in [0.25, 0.3) is 0 Å². The van der Waals surface area contributed by atoms with Crippen molar-refractivity contribution in [1.82, 2.24) is 5.32 Å². The second-order valence-corrected chi connectivity index (χ2v) is 5.06. The molecule has 0 radical (unpaired) electrons. The molecule has 2 unspecified atom stereocenters. The van der Waals surface area contributed by atoms with Crippen molar-refractivity contribution in [2.24, 2.45) is 5.92 Å². The summed E-state index contributed by atoms with van der Waals surface area (Å²) in [6.07, 6.45) is 3.55. The van der Waals surface area contributed by atoms with Gasteiger partial charge in [0.05, 0.1) is 6.61 Å². The number of nitrogens with one attached hydrogen (secondary N) is 1. The fraction of sp³-hybridized carbons (Fsp3) is 0.600. The van der Waals surface area contributed by atoms with E-state index in [2.05, 4.69) is 37.4 Å². The van der Waals surface area contributed by atoms with Crippen molar-refractivity contribution < 1.29 is 4.74 Å². The average molecular weight is 233 g/mol. The van der Waals surface area contributed by atoms with Crippen LogP contribution in [0, 0.1) is 5.92 Å². The van der Waals surface area contributed by atoms with Gasteiger partial charge < -0.3 is 10.1 Å². The van der Waals surface area contributed by atoms with Crippen molar-refractivity contribution in [3.63, 3.8) is 0 Å². The molecular formula is C15H23NO. The predicted molar refractivity (Wildman–Crippen MR) is 71.5 cm³/mol. The lowest BCUT2D eigenvalue weighted by Gasteiger charge is -2.13. The fourth-order valence-electron chi connectivity index (χ4n) is 2.34. The summed E-state index contributed by atoms with van der Waals surface area (Å²) in [5.41, 5.74) is 2.90. The molecule has 0 saturated heterocycles. The van der Waals surface area contributed by atoms with Gasteiger partial charge in [-0.25, -0.2) is 0 Å². The molecule has 0 saturated carbocycles. The lowest BCUT2D eigenvalue weighted by atomic mass is 10.1. The second-order valence-electron chi connectivity index (χ2n) is 5.06. The molecule has 1 aromatic carbocycles. The Labute approximate surface area is 104 Å². The van der Waals surface area contributed by atoms with Crippen molar-refractivity contribution in [1.29, 1.82) is 0 Å². The summed E-state index contributed by atoms with van der Waals surface area (Å²) in [5.74, 6) is 1.66. The van der Waals surface area contributed by atoms with E-state index in [0.29, 0.717) is 12.0 Å². The molecule has 1 aliphatic rings. The molecule has 1 aromatic rings. The van der Waals surface area contributed by atoms with Gasteiger partial charge in [-0.15, -0.1) is 0 Å². The van der Waals surface area contributed by atoms with E-state index < -0.39 is 0 Å². The highest BCUT2D eigenvalue weighted by atomic mass is 16.5. The minimum atomic E-state index is 0.536. The predicted octanol–water partition coefficient (Wildman–Crippen LogP) is 3.32. The number of aryl methyl sites for hydroxylation is 1. The first-order valence-electron chi connectivity index (χ1n) is 6.67. The van der Waals surface area contributed by atoms with Crippen LogP contribution in [0.5, 0.6) is 5.75 Å². The summed E-state index contributed by atoms with van der Waals surface area (Å²) in [4.78, 5) is 0. The molecule has 1 N–H and O–H groups in total. The van der Waals surface area contributed by atoms with Crippen LogP contribution in [0.4, 0.5) is 0 Å². The molecule has 2 rings (SSSR count). The first-order chi connectivity index (χ1) is 8.24. The van der Waals surface area contributed by atoms with E-state index in [-0.39, 0.29) is 0 Å². The summed E-state index contributed by atoms with van der Waals surface area (Å²) in [5, 5.41) is 3.36. The van der Waals surface area contributed by atoms with E-state index >= 15 is 0 Å². The van der Waals surface area contributed by atoms with Crippen LogP contribution in [0.25, 0.3) is 0 Å². The van der Waals surface area contributed by atoms with Crippen LogP contribution < -0.4 is 10.1 Å². The Morgan fingerprint density at radius 2 is 2.29 bits per heavy atom. The third-order valence-corrected chi connectivity index (χ3v) is 3.77. The van der Waals surface area contributed by atoms with Crippen molar-refractivity contribution in [2.75, 3.05) is 13.7 Å². The number of ether oxygens (including phenoxy) is 1. The first kappa shape index (κ1) is 12.4. The van der Waals surface area contributed by atoms with Gasteiger partial charge in [0, 0.05) is 6.04 Å². The molecule has 0 heterocycles. The molecule has 17 heavy (non-hydrogen) atoms. The smallest absolute Gasteiger partial charge is 0.119 e. The normalized spacial score (nSPS) is 20.1. The fourth-order valence-corrected chi connectivity index (χ4v) is 2.34. The van der Waals surface area contributed by atoms with Crippen LogP contribution >= 0.6 is 0 Å². The van der Waals surface area contributed by atoms with Gasteiger partial charge in [-0.05, 0) is 49.1 Å². The number of hydrogen-bond acceptors (Lipinski definition) is 2. The van der Waals surface area contributed by atoms with Gasteiger partial charge in [0.15, 0.2) is 0 Å². The summed E-state index contributed by atoms with van der Waals surface area (Å²) < 4.78 is 5.83. The van der Waals surface area contributed by atoms with E-state index in [1.165, 1.54) is 30.4 Å². The Bertz CT molecular complexity index is 375. The Morgan fingerprint density at radius 1 is 1.47 bits per heavy atom. The quantitative estimate of drug-likeness (QED) is 0.842. The van der Waals surface area contributed by atoms with Gasteiger partial charge in [-0.3, -0.25) is 0 Å². The average Bonchev–Trinajstić information content (AvgIpc) is 2.78. The third kappa shape index (κ3) is 2.81. The molecule has 94 valence electrons. The Hall–Kier alpha value is -1.02. The Morgan fingerprint density at radius 3 is 3.00 bits per heavy atom. The molecule has 1 aliphatic carbocycles. The highest BCUT2D eigenvalue weighted by molar-refractivity contribution is 5.40. The van der Waals surface area contributed by atoms with E-state index in [9.17, 15) is 0 Å². The van der Waals surface area contributed by atoms with Crippen molar-refractivity contribution >= 4 is 0 Å². The topological polar surface area (TPSA) is 21.3 Å². The van der Waals surface area contributed by atoms with Crippen LogP contribution in [0.2, 0.25) is 0 Å². The molecule has 0 bridgehead atoms. The molecule has 2 atom stereocenters. The molecular weight excluding hydrogens is 210 g/mol. The Balaban J connectivity index is 2.03. The summed E-state index contributed by atoms with van der Waals surface area (Å²) in [6.45, 7) is 5.25. The van der Waals surface area contributed by atoms with E-state index in [1.807, 2.05) is 7.05 Å². The van der Waals surface area contributed by atoms with Crippen LogP contribution in [0.1, 0.15) is 43.9 Å². The zero-order valence-electron chi connectivity index (χ0n) is 11.1. The minimum Gasteiger partial charge on any atom is -0.493 e. The van der Waals surface area contributed by atoms with Gasteiger partial charge in [0.1, 0.15) is 5.75 Å². The van der Waals surface area contributed by atoms with E-state index in [1.54, 1.807) is 0 Å². The molecule has 0 aliphatic heterocycles. The molecule has 0 aromatic heterocycles. The maximum atomic E-state index is 5.83. The lowest BCUT2D eigenvalue weighted by molar-refractivity contribution is 0.256. The van der Waals surface area contributed by atoms with Gasteiger partial charge >= 0.3 is 0 Å². The monoisotopic (exact) mass is 233 g/mol. The summed E-state index contributed by atoms with van der Waals surface area (Å²) in [7, 11) is 2.03. The lowest BCUT2D eigenvalue weighted by Crippen LogP contribution is -2.12. The highest BCUT2D eigenvalue weighted by Crippen LogP contribution is 2.33. The van der Waals surface area contributed by atoms with Crippen LogP contribution in [-0.4, -0.2) is 13.7 Å². The molecule has 0 spiro atoms. The number of fused-ring (bicyclic) bond motifs is 1. The van der Waals surface area contributed by atoms with Crippen LogP contribution in [-0.2, 0) is 6.42 Å². The molecule has 0 amide bonds. The minimum absolute atomic E-state index is 0.536. The van der Waals surface area contributed by atoms with Gasteiger partial charge in [-0.2, -0.15) is 0 Å². The number of hydrogen-bond donors (Lipinski definition) is 1. The maximum absolute atomic E-state index is 5.83. The highest BCUT2D eigenvalue weighted by Gasteiger charge is 2.21. The summed E-state index contributed by atoms with van der Waals surface area (Å²) in [6, 6.07) is 7.08.